The zero-order valence-electron chi connectivity index (χ0n) is 14.0. The van der Waals surface area contributed by atoms with E-state index < -0.39 is 5.82 Å². The molecule has 1 aliphatic heterocycles. The molecule has 0 saturated heterocycles. The van der Waals surface area contributed by atoms with Gasteiger partial charge in [0.1, 0.15) is 5.69 Å². The average molecular weight is 353 g/mol. The summed E-state index contributed by atoms with van der Waals surface area (Å²) in [6.07, 6.45) is 1.41. The lowest BCUT2D eigenvalue weighted by Crippen LogP contribution is -2.43. The van der Waals surface area contributed by atoms with Crippen LogP contribution in [-0.2, 0) is 6.54 Å². The van der Waals surface area contributed by atoms with Crippen LogP contribution in [0.25, 0.3) is 11.3 Å². The Labute approximate surface area is 149 Å². The van der Waals surface area contributed by atoms with Crippen molar-refractivity contribution in [2.24, 2.45) is 0 Å². The van der Waals surface area contributed by atoms with Gasteiger partial charge in [-0.2, -0.15) is 5.10 Å². The van der Waals surface area contributed by atoms with E-state index in [9.17, 15) is 9.18 Å². The summed E-state index contributed by atoms with van der Waals surface area (Å²) in [6.45, 7) is 0.933. The number of aromatic nitrogens is 3. The number of ether oxygens (including phenoxy) is 1. The number of methoxy groups -OCH3 is 1. The first kappa shape index (κ1) is 16.1. The molecule has 132 valence electrons. The van der Waals surface area contributed by atoms with Crippen LogP contribution < -0.4 is 10.2 Å². The summed E-state index contributed by atoms with van der Waals surface area (Å²) in [7, 11) is 1.35. The lowest BCUT2D eigenvalue weighted by molar-refractivity contribution is 0.0740. The molecule has 4 rings (SSSR count). The van der Waals surface area contributed by atoms with Gasteiger partial charge < -0.3 is 4.74 Å². The van der Waals surface area contributed by atoms with E-state index >= 15 is 0 Å². The van der Waals surface area contributed by atoms with Crippen LogP contribution in [0.4, 0.5) is 10.1 Å². The molecule has 1 amide bonds. The number of rotatable bonds is 4. The molecule has 0 saturated carbocycles. The third-order valence-corrected chi connectivity index (χ3v) is 4.11. The number of fused-ring (bicyclic) bond motifs is 1. The Hall–Kier alpha value is -3.42. The molecule has 0 radical (unpaired) electrons. The van der Waals surface area contributed by atoms with Crippen LogP contribution in [0, 0.1) is 5.82 Å². The van der Waals surface area contributed by atoms with Gasteiger partial charge in [-0.15, -0.1) is 0 Å². The second kappa shape index (κ2) is 6.47. The number of hydrogen-bond acceptors (Lipinski definition) is 5. The van der Waals surface area contributed by atoms with Gasteiger partial charge in [0.05, 0.1) is 37.8 Å². The minimum atomic E-state index is -0.599. The summed E-state index contributed by atoms with van der Waals surface area (Å²) in [4.78, 5) is 16.6. The summed E-state index contributed by atoms with van der Waals surface area (Å²) in [5.74, 6) is -0.924. The van der Waals surface area contributed by atoms with Crippen LogP contribution >= 0.6 is 0 Å². The summed E-state index contributed by atoms with van der Waals surface area (Å²) in [6, 6.07) is 12.7. The van der Waals surface area contributed by atoms with E-state index in [0.717, 1.165) is 11.3 Å². The second-order valence-electron chi connectivity index (χ2n) is 5.79. The van der Waals surface area contributed by atoms with Crippen LogP contribution in [0.1, 0.15) is 10.5 Å². The Balaban J connectivity index is 1.56. The highest BCUT2D eigenvalue weighted by Gasteiger charge is 2.27. The van der Waals surface area contributed by atoms with Crippen molar-refractivity contribution in [3.8, 4) is 17.1 Å². The first-order chi connectivity index (χ1) is 12.7. The maximum atomic E-state index is 13.8. The number of carbonyl (C=O) groups excluding carboxylic acids is 1. The molecule has 8 heteroatoms. The predicted molar refractivity (Wildman–Crippen MR) is 93.1 cm³/mol. The predicted octanol–water partition coefficient (Wildman–Crippen LogP) is 2.58. The normalized spacial score (nSPS) is 13.5. The third-order valence-electron chi connectivity index (χ3n) is 4.11. The zero-order valence-corrected chi connectivity index (χ0v) is 14.0. The van der Waals surface area contributed by atoms with Gasteiger partial charge in [0.25, 0.3) is 5.91 Å². The van der Waals surface area contributed by atoms with E-state index in [1.807, 2.05) is 30.3 Å². The van der Waals surface area contributed by atoms with Gasteiger partial charge in [0, 0.05) is 11.6 Å². The molecule has 2 aromatic heterocycles. The van der Waals surface area contributed by atoms with Crippen molar-refractivity contribution in [1.29, 1.82) is 0 Å². The summed E-state index contributed by atoms with van der Waals surface area (Å²) < 4.78 is 20.3. The van der Waals surface area contributed by atoms with Crippen LogP contribution in [0.5, 0.6) is 5.88 Å². The lowest BCUT2D eigenvalue weighted by Gasteiger charge is -2.28. The smallest absolute Gasteiger partial charge is 0.290 e. The van der Waals surface area contributed by atoms with Crippen LogP contribution in [0.2, 0.25) is 0 Å². The van der Waals surface area contributed by atoms with E-state index in [4.69, 9.17) is 4.74 Å². The Kier molecular flexibility index (Phi) is 4.00. The highest BCUT2D eigenvalue weighted by atomic mass is 19.1. The molecule has 0 aliphatic carbocycles. The number of hydrogen-bond donors (Lipinski definition) is 1. The fraction of sp³-hybridized carbons (Fsp3) is 0.167. The Bertz CT molecular complexity index is 957. The SMILES string of the molecule is COc1ncc(NN2CCn3nc(-c4ccccc4)cc3C2=O)cc1F. The molecular weight excluding hydrogens is 337 g/mol. The van der Waals surface area contributed by atoms with E-state index in [1.54, 1.807) is 10.7 Å². The quantitative estimate of drug-likeness (QED) is 0.780. The van der Waals surface area contributed by atoms with Crippen molar-refractivity contribution < 1.29 is 13.9 Å². The number of hydrazine groups is 1. The highest BCUT2D eigenvalue weighted by Crippen LogP contribution is 2.23. The maximum Gasteiger partial charge on any atom is 0.290 e. The maximum absolute atomic E-state index is 13.8. The molecule has 1 aliphatic rings. The molecule has 0 atom stereocenters. The topological polar surface area (TPSA) is 72.3 Å². The van der Waals surface area contributed by atoms with Gasteiger partial charge in [-0.25, -0.2) is 14.4 Å². The minimum absolute atomic E-state index is 0.0916. The number of pyridine rings is 1. The number of halogens is 1. The van der Waals surface area contributed by atoms with Crippen molar-refractivity contribution in [1.82, 2.24) is 19.8 Å². The fourth-order valence-corrected chi connectivity index (χ4v) is 2.84. The molecule has 3 aromatic rings. The number of nitrogens with zero attached hydrogens (tertiary/aromatic N) is 4. The summed E-state index contributed by atoms with van der Waals surface area (Å²) in [5, 5.41) is 5.93. The molecule has 0 bridgehead atoms. The van der Waals surface area contributed by atoms with Gasteiger partial charge in [0.2, 0.25) is 5.88 Å². The van der Waals surface area contributed by atoms with Crippen molar-refractivity contribution in [2.75, 3.05) is 19.1 Å². The number of benzene rings is 1. The fourth-order valence-electron chi connectivity index (χ4n) is 2.84. The van der Waals surface area contributed by atoms with E-state index in [2.05, 4.69) is 15.5 Å². The van der Waals surface area contributed by atoms with Crippen molar-refractivity contribution in [2.45, 2.75) is 6.54 Å². The van der Waals surface area contributed by atoms with Crippen molar-refractivity contribution in [3.63, 3.8) is 0 Å². The molecule has 0 unspecified atom stereocenters. The second-order valence-corrected chi connectivity index (χ2v) is 5.79. The first-order valence-corrected chi connectivity index (χ1v) is 8.07. The van der Waals surface area contributed by atoms with Gasteiger partial charge in [-0.3, -0.25) is 14.9 Å². The van der Waals surface area contributed by atoms with Gasteiger partial charge in [0.15, 0.2) is 5.82 Å². The van der Waals surface area contributed by atoms with Gasteiger partial charge in [-0.05, 0) is 6.07 Å². The standard InChI is InChI=1S/C18H16FN5O2/c1-26-17-14(19)9-13(11-20-17)21-24-8-7-23-16(18(24)25)10-15(22-23)12-5-3-2-4-6-12/h2-6,9-11,21H,7-8H2,1H3. The van der Waals surface area contributed by atoms with Crippen LogP contribution in [0.3, 0.4) is 0 Å². The van der Waals surface area contributed by atoms with E-state index in [1.165, 1.54) is 24.4 Å². The van der Waals surface area contributed by atoms with E-state index in [-0.39, 0.29) is 11.8 Å². The highest BCUT2D eigenvalue weighted by molar-refractivity contribution is 5.95. The third kappa shape index (κ3) is 2.85. The minimum Gasteiger partial charge on any atom is -0.479 e. The lowest BCUT2D eigenvalue weighted by atomic mass is 10.1. The Morgan fingerprint density at radius 2 is 2.00 bits per heavy atom. The summed E-state index contributed by atoms with van der Waals surface area (Å²) in [5.41, 5.74) is 5.43. The molecule has 1 N–H and O–H groups in total. The van der Waals surface area contributed by atoms with E-state index in [0.29, 0.717) is 24.5 Å². The molecule has 7 nitrogen and oxygen atoms in total. The number of anilines is 1. The van der Waals surface area contributed by atoms with Gasteiger partial charge >= 0.3 is 0 Å². The number of amides is 1. The van der Waals surface area contributed by atoms with Crippen molar-refractivity contribution in [3.05, 3.63) is 60.2 Å². The van der Waals surface area contributed by atoms with Crippen LogP contribution in [0.15, 0.2) is 48.7 Å². The number of nitrogens with one attached hydrogen (secondary N) is 1. The summed E-state index contributed by atoms with van der Waals surface area (Å²) >= 11 is 0. The Morgan fingerprint density at radius 1 is 1.19 bits per heavy atom. The molecule has 26 heavy (non-hydrogen) atoms. The average Bonchev–Trinajstić information content (AvgIpc) is 3.10. The molecular formula is C18H16FN5O2. The molecule has 1 aromatic carbocycles. The van der Waals surface area contributed by atoms with Crippen LogP contribution in [-0.4, -0.2) is 39.3 Å². The zero-order chi connectivity index (χ0) is 18.1. The number of carbonyl (C=O) groups is 1. The molecule has 0 spiro atoms. The molecule has 0 fully saturated rings. The first-order valence-electron chi connectivity index (χ1n) is 8.07. The molecule has 3 heterocycles. The Morgan fingerprint density at radius 3 is 2.73 bits per heavy atom. The van der Waals surface area contributed by atoms with Gasteiger partial charge in [-0.1, -0.05) is 30.3 Å². The largest absolute Gasteiger partial charge is 0.479 e. The monoisotopic (exact) mass is 353 g/mol. The van der Waals surface area contributed by atoms with Crippen molar-refractivity contribution >= 4 is 11.6 Å².